The van der Waals surface area contributed by atoms with Gasteiger partial charge >= 0.3 is 0 Å². The van der Waals surface area contributed by atoms with Crippen LogP contribution in [0.25, 0.3) is 0 Å². The van der Waals surface area contributed by atoms with Crippen LogP contribution in [0.4, 0.5) is 5.95 Å². The van der Waals surface area contributed by atoms with Crippen molar-refractivity contribution in [1.29, 1.82) is 0 Å². The third-order valence-electron chi connectivity index (χ3n) is 0.933. The average Bonchev–Trinajstić information content (AvgIpc) is 2.62. The number of nitrogens with two attached hydrogens (primary N) is 1. The fraction of sp³-hybridized carbons (Fsp3) is 0. The Hall–Kier alpha value is -1.49. The van der Waals surface area contributed by atoms with E-state index in [0.717, 1.165) is 0 Å². The predicted octanol–water partition coefficient (Wildman–Crippen LogP) is 1.20. The van der Waals surface area contributed by atoms with Crippen LogP contribution in [0.3, 0.4) is 0 Å². The maximum Gasteiger partial charge on any atom is 0.219 e. The van der Waals surface area contributed by atoms with Crippen molar-refractivity contribution in [2.45, 2.75) is 0 Å². The third-order valence-corrected chi connectivity index (χ3v) is 1.46. The van der Waals surface area contributed by atoms with Crippen molar-refractivity contribution in [2.24, 2.45) is 0 Å². The summed E-state index contributed by atoms with van der Waals surface area (Å²) in [4.78, 5) is 11.0. The molecule has 2 aromatic heterocycles. The van der Waals surface area contributed by atoms with E-state index in [1.54, 1.807) is 41.5 Å². The minimum absolute atomic E-state index is 0.322. The average molecular weight is 180 g/mol. The standard InChI is InChI=1S/C4H5N3.C3H3NS/c5-4-6-2-1-3-7-4;1-2-5-3-4-1/h1-3H,(H2,5,6,7);1-3H. The molecule has 2 N–H and O–H groups in total. The second kappa shape index (κ2) is 5.20. The van der Waals surface area contributed by atoms with E-state index in [-0.39, 0.29) is 0 Å². The number of thiazole rings is 1. The number of hydrogen-bond donors (Lipinski definition) is 1. The first-order valence-electron chi connectivity index (χ1n) is 3.24. The molecule has 0 aliphatic heterocycles. The molecule has 0 aliphatic carbocycles. The van der Waals surface area contributed by atoms with E-state index >= 15 is 0 Å². The highest BCUT2D eigenvalue weighted by Gasteiger charge is 1.75. The van der Waals surface area contributed by atoms with Crippen molar-refractivity contribution in [2.75, 3.05) is 5.73 Å². The van der Waals surface area contributed by atoms with Crippen LogP contribution in [0.1, 0.15) is 0 Å². The topological polar surface area (TPSA) is 64.7 Å². The van der Waals surface area contributed by atoms with Gasteiger partial charge in [-0.15, -0.1) is 11.3 Å². The second-order valence-electron chi connectivity index (χ2n) is 1.78. The second-order valence-corrected chi connectivity index (χ2v) is 2.54. The molecular formula is C7H8N4S. The minimum atomic E-state index is 0.322. The molecule has 62 valence electrons. The Morgan fingerprint density at radius 3 is 2.17 bits per heavy atom. The van der Waals surface area contributed by atoms with Crippen LogP contribution < -0.4 is 5.73 Å². The lowest BCUT2D eigenvalue weighted by Gasteiger charge is -1.82. The summed E-state index contributed by atoms with van der Waals surface area (Å²) in [7, 11) is 0. The first-order chi connectivity index (χ1) is 5.89. The SMILES string of the molecule is Nc1ncccn1.c1cscn1. The Balaban J connectivity index is 0.000000127. The summed E-state index contributed by atoms with van der Waals surface area (Å²) in [5.41, 5.74) is 6.93. The Morgan fingerprint density at radius 1 is 1.17 bits per heavy atom. The van der Waals surface area contributed by atoms with Crippen molar-refractivity contribution >= 4 is 17.3 Å². The Labute approximate surface area is 74.1 Å². The molecule has 2 heterocycles. The summed E-state index contributed by atoms with van der Waals surface area (Å²) in [6, 6.07) is 1.72. The summed E-state index contributed by atoms with van der Waals surface area (Å²) in [6.45, 7) is 0. The van der Waals surface area contributed by atoms with Crippen LogP contribution in [-0.2, 0) is 0 Å². The molecule has 2 aromatic rings. The van der Waals surface area contributed by atoms with E-state index in [1.165, 1.54) is 0 Å². The number of hydrogen-bond acceptors (Lipinski definition) is 5. The number of aromatic nitrogens is 3. The van der Waals surface area contributed by atoms with E-state index in [0.29, 0.717) is 5.95 Å². The molecule has 5 heteroatoms. The molecule has 0 spiro atoms. The van der Waals surface area contributed by atoms with Crippen LogP contribution in [-0.4, -0.2) is 15.0 Å². The third kappa shape index (κ3) is 3.62. The lowest BCUT2D eigenvalue weighted by molar-refractivity contribution is 1.19. The molecule has 0 bridgehead atoms. The van der Waals surface area contributed by atoms with Gasteiger partial charge in [-0.3, -0.25) is 4.98 Å². The summed E-state index contributed by atoms with van der Waals surface area (Å²) in [5.74, 6) is 0.322. The van der Waals surface area contributed by atoms with Crippen molar-refractivity contribution in [1.82, 2.24) is 15.0 Å². The number of nitrogen functional groups attached to an aromatic ring is 1. The van der Waals surface area contributed by atoms with E-state index in [4.69, 9.17) is 5.73 Å². The smallest absolute Gasteiger partial charge is 0.219 e. The number of rotatable bonds is 0. The van der Waals surface area contributed by atoms with Gasteiger partial charge in [0.1, 0.15) is 0 Å². The zero-order valence-corrected chi connectivity index (χ0v) is 7.11. The molecule has 0 saturated carbocycles. The zero-order chi connectivity index (χ0) is 8.65. The highest BCUT2D eigenvalue weighted by Crippen LogP contribution is 1.86. The molecule has 0 radical (unpaired) electrons. The Bertz CT molecular complexity index is 264. The maximum atomic E-state index is 5.14. The van der Waals surface area contributed by atoms with Crippen molar-refractivity contribution in [3.63, 3.8) is 0 Å². The maximum absolute atomic E-state index is 5.14. The van der Waals surface area contributed by atoms with E-state index < -0.39 is 0 Å². The summed E-state index contributed by atoms with van der Waals surface area (Å²) in [5, 5.41) is 1.93. The fourth-order valence-electron chi connectivity index (χ4n) is 0.486. The number of anilines is 1. The van der Waals surface area contributed by atoms with Crippen molar-refractivity contribution in [3.05, 3.63) is 35.5 Å². The molecule has 0 atom stereocenters. The van der Waals surface area contributed by atoms with Gasteiger partial charge in [0, 0.05) is 24.0 Å². The molecule has 4 nitrogen and oxygen atoms in total. The zero-order valence-electron chi connectivity index (χ0n) is 6.29. The lowest BCUT2D eigenvalue weighted by atomic mass is 10.7. The van der Waals surface area contributed by atoms with Crippen LogP contribution in [0, 0.1) is 0 Å². The molecule has 0 fully saturated rings. The normalized spacial score (nSPS) is 8.33. The lowest BCUT2D eigenvalue weighted by Crippen LogP contribution is -1.90. The molecule has 2 rings (SSSR count). The van der Waals surface area contributed by atoms with Gasteiger partial charge in [0.2, 0.25) is 5.95 Å². The van der Waals surface area contributed by atoms with Gasteiger partial charge in [0.05, 0.1) is 5.51 Å². The highest BCUT2D eigenvalue weighted by atomic mass is 32.1. The molecular weight excluding hydrogens is 172 g/mol. The molecule has 12 heavy (non-hydrogen) atoms. The summed E-state index contributed by atoms with van der Waals surface area (Å²) < 4.78 is 0. The van der Waals surface area contributed by atoms with Crippen molar-refractivity contribution < 1.29 is 0 Å². The van der Waals surface area contributed by atoms with Crippen LogP contribution >= 0.6 is 11.3 Å². The van der Waals surface area contributed by atoms with Crippen molar-refractivity contribution in [3.8, 4) is 0 Å². The quantitative estimate of drug-likeness (QED) is 0.661. The summed E-state index contributed by atoms with van der Waals surface area (Å²) >= 11 is 1.60. The minimum Gasteiger partial charge on any atom is -0.368 e. The van der Waals surface area contributed by atoms with Crippen LogP contribution in [0.15, 0.2) is 35.5 Å². The van der Waals surface area contributed by atoms with Gasteiger partial charge < -0.3 is 5.73 Å². The van der Waals surface area contributed by atoms with Crippen LogP contribution in [0.2, 0.25) is 0 Å². The van der Waals surface area contributed by atoms with Gasteiger partial charge in [0.25, 0.3) is 0 Å². The van der Waals surface area contributed by atoms with E-state index in [1.807, 2.05) is 5.38 Å². The van der Waals surface area contributed by atoms with E-state index in [2.05, 4.69) is 15.0 Å². The molecule has 0 amide bonds. The fourth-order valence-corrected chi connectivity index (χ4v) is 0.838. The largest absolute Gasteiger partial charge is 0.368 e. The van der Waals surface area contributed by atoms with Crippen LogP contribution in [0.5, 0.6) is 0 Å². The molecule has 0 aromatic carbocycles. The number of nitrogens with zero attached hydrogens (tertiary/aromatic N) is 3. The predicted molar refractivity (Wildman–Crippen MR) is 48.6 cm³/mol. The van der Waals surface area contributed by atoms with Gasteiger partial charge in [-0.05, 0) is 6.07 Å². The van der Waals surface area contributed by atoms with Gasteiger partial charge in [-0.25, -0.2) is 9.97 Å². The Kier molecular flexibility index (Phi) is 3.73. The van der Waals surface area contributed by atoms with Gasteiger partial charge in [-0.2, -0.15) is 0 Å². The van der Waals surface area contributed by atoms with E-state index in [9.17, 15) is 0 Å². The first kappa shape index (κ1) is 8.61. The summed E-state index contributed by atoms with van der Waals surface area (Å²) in [6.07, 6.45) is 4.97. The molecule has 0 aliphatic rings. The van der Waals surface area contributed by atoms with Gasteiger partial charge in [-0.1, -0.05) is 0 Å². The first-order valence-corrected chi connectivity index (χ1v) is 4.18. The molecule has 0 unspecified atom stereocenters. The highest BCUT2D eigenvalue weighted by molar-refractivity contribution is 7.07. The Morgan fingerprint density at radius 2 is 1.92 bits per heavy atom. The monoisotopic (exact) mass is 180 g/mol. The van der Waals surface area contributed by atoms with Gasteiger partial charge in [0.15, 0.2) is 0 Å². The molecule has 0 saturated heterocycles.